The molecular formula is C12H15N3O6S2. The van der Waals surface area contributed by atoms with Crippen LogP contribution in [0.5, 0.6) is 5.75 Å². The zero-order valence-corrected chi connectivity index (χ0v) is 13.6. The Labute approximate surface area is 139 Å². The van der Waals surface area contributed by atoms with E-state index in [1.807, 2.05) is 0 Å². The molecule has 0 saturated heterocycles. The molecule has 0 aliphatic rings. The highest BCUT2D eigenvalue weighted by Gasteiger charge is 2.07. The number of ether oxygens (including phenoxy) is 2. The fourth-order valence-electron chi connectivity index (χ4n) is 1.27. The van der Waals surface area contributed by atoms with Crippen LogP contribution in [0, 0.1) is 10.1 Å². The summed E-state index contributed by atoms with van der Waals surface area (Å²) in [6.07, 6.45) is -1.44. The van der Waals surface area contributed by atoms with Crippen LogP contribution in [-0.2, 0) is 4.74 Å². The molecule has 0 spiro atoms. The van der Waals surface area contributed by atoms with Crippen LogP contribution in [-0.4, -0.2) is 41.8 Å². The fourth-order valence-corrected chi connectivity index (χ4v) is 3.00. The molecule has 11 heteroatoms. The normalized spacial score (nSPS) is 9.91. The Hall–Kier alpha value is -2.14. The Morgan fingerprint density at radius 2 is 1.87 bits per heavy atom. The number of carbonyl (C=O) groups is 2. The number of nitro benzene ring substituents is 1. The van der Waals surface area contributed by atoms with E-state index in [-0.39, 0.29) is 18.0 Å². The van der Waals surface area contributed by atoms with Crippen molar-refractivity contribution in [1.82, 2.24) is 5.32 Å². The van der Waals surface area contributed by atoms with Gasteiger partial charge in [0.15, 0.2) is 0 Å². The molecule has 2 amide bonds. The second-order valence-corrected chi connectivity index (χ2v) is 6.58. The minimum atomic E-state index is -0.800. The molecule has 1 aromatic rings. The van der Waals surface area contributed by atoms with Crippen molar-refractivity contribution >= 4 is 39.5 Å². The van der Waals surface area contributed by atoms with Crippen molar-refractivity contribution in [2.24, 2.45) is 5.73 Å². The van der Waals surface area contributed by atoms with Crippen LogP contribution < -0.4 is 15.8 Å². The lowest BCUT2D eigenvalue weighted by Crippen LogP contribution is -2.28. The number of nitrogens with one attached hydrogen (secondary N) is 1. The summed E-state index contributed by atoms with van der Waals surface area (Å²) in [5, 5.41) is 13.0. The lowest BCUT2D eigenvalue weighted by Gasteiger charge is -2.06. The molecule has 3 N–H and O–H groups in total. The van der Waals surface area contributed by atoms with Gasteiger partial charge in [-0.25, -0.2) is 9.59 Å². The van der Waals surface area contributed by atoms with Crippen molar-refractivity contribution in [2.75, 3.05) is 24.7 Å². The summed E-state index contributed by atoms with van der Waals surface area (Å²) in [6, 6.07) is 5.20. The monoisotopic (exact) mass is 361 g/mol. The predicted molar refractivity (Wildman–Crippen MR) is 87.6 cm³/mol. The lowest BCUT2D eigenvalue weighted by molar-refractivity contribution is -0.384. The van der Waals surface area contributed by atoms with Crippen LogP contribution >= 0.6 is 21.6 Å². The van der Waals surface area contributed by atoms with E-state index in [2.05, 4.69) is 10.1 Å². The second-order valence-electron chi connectivity index (χ2n) is 3.88. The van der Waals surface area contributed by atoms with Crippen molar-refractivity contribution in [3.8, 4) is 5.75 Å². The molecule has 0 radical (unpaired) electrons. The Bertz CT molecular complexity index is 540. The molecule has 1 rings (SSSR count). The molecule has 0 aromatic heterocycles. The van der Waals surface area contributed by atoms with Crippen LogP contribution in [0.3, 0.4) is 0 Å². The lowest BCUT2D eigenvalue weighted by atomic mass is 10.3. The van der Waals surface area contributed by atoms with Gasteiger partial charge in [0, 0.05) is 30.2 Å². The first-order valence-electron chi connectivity index (χ1n) is 6.36. The van der Waals surface area contributed by atoms with Gasteiger partial charge in [-0.3, -0.25) is 10.1 Å². The van der Waals surface area contributed by atoms with Gasteiger partial charge in [-0.2, -0.15) is 0 Å². The summed E-state index contributed by atoms with van der Waals surface area (Å²) in [4.78, 5) is 31.7. The van der Waals surface area contributed by atoms with E-state index in [1.165, 1.54) is 45.9 Å². The van der Waals surface area contributed by atoms with Gasteiger partial charge < -0.3 is 20.5 Å². The van der Waals surface area contributed by atoms with E-state index in [4.69, 9.17) is 10.5 Å². The van der Waals surface area contributed by atoms with Gasteiger partial charge in [-0.1, -0.05) is 21.6 Å². The highest BCUT2D eigenvalue weighted by atomic mass is 33.1. The summed E-state index contributed by atoms with van der Waals surface area (Å²) < 4.78 is 9.51. The molecule has 0 fully saturated rings. The van der Waals surface area contributed by atoms with E-state index >= 15 is 0 Å². The molecule has 0 bridgehead atoms. The first-order chi connectivity index (χ1) is 11.0. The zero-order chi connectivity index (χ0) is 17.1. The summed E-state index contributed by atoms with van der Waals surface area (Å²) in [7, 11) is 2.98. The number of hydrogen-bond acceptors (Lipinski definition) is 8. The molecule has 0 aliphatic heterocycles. The van der Waals surface area contributed by atoms with Gasteiger partial charge >= 0.3 is 12.2 Å². The maximum absolute atomic E-state index is 11.5. The summed E-state index contributed by atoms with van der Waals surface area (Å²) in [5.41, 5.74) is 4.73. The number of nitro groups is 1. The van der Waals surface area contributed by atoms with Gasteiger partial charge in [0.1, 0.15) is 12.4 Å². The average molecular weight is 361 g/mol. The Morgan fingerprint density at radius 3 is 2.48 bits per heavy atom. The van der Waals surface area contributed by atoms with Crippen molar-refractivity contribution < 1.29 is 24.0 Å². The van der Waals surface area contributed by atoms with Crippen molar-refractivity contribution in [2.45, 2.75) is 0 Å². The summed E-state index contributed by atoms with van der Waals surface area (Å²) in [5.74, 6) is 1.45. The topological polar surface area (TPSA) is 134 Å². The maximum atomic E-state index is 11.5. The fraction of sp³-hybridized carbons (Fsp3) is 0.333. The molecule has 9 nitrogen and oxygen atoms in total. The van der Waals surface area contributed by atoms with E-state index < -0.39 is 17.1 Å². The molecule has 0 aliphatic carbocycles. The van der Waals surface area contributed by atoms with E-state index in [0.29, 0.717) is 18.1 Å². The van der Waals surface area contributed by atoms with Gasteiger partial charge in [-0.15, -0.1) is 0 Å². The summed E-state index contributed by atoms with van der Waals surface area (Å²) in [6.45, 7) is 0.628. The number of amides is 2. The number of non-ortho nitro benzene ring substituents is 1. The van der Waals surface area contributed by atoms with Crippen molar-refractivity contribution in [1.29, 1.82) is 0 Å². The van der Waals surface area contributed by atoms with Crippen LogP contribution in [0.1, 0.15) is 0 Å². The molecule has 126 valence electrons. The third-order valence-electron chi connectivity index (χ3n) is 2.21. The van der Waals surface area contributed by atoms with Gasteiger partial charge in [0.2, 0.25) is 0 Å². The Morgan fingerprint density at radius 1 is 1.22 bits per heavy atom. The molecule has 0 saturated carbocycles. The molecule has 0 atom stereocenters. The number of rotatable bonds is 9. The van der Waals surface area contributed by atoms with E-state index in [0.717, 1.165) is 0 Å². The van der Waals surface area contributed by atoms with Crippen LogP contribution in [0.25, 0.3) is 0 Å². The number of carbonyl (C=O) groups excluding carboxylic acids is 2. The maximum Gasteiger partial charge on any atom is 0.412 e. The minimum absolute atomic E-state index is 0.0773. The van der Waals surface area contributed by atoms with Crippen LogP contribution in [0.2, 0.25) is 0 Å². The van der Waals surface area contributed by atoms with Crippen LogP contribution in [0.4, 0.5) is 15.3 Å². The minimum Gasteiger partial charge on any atom is -0.449 e. The smallest absolute Gasteiger partial charge is 0.412 e. The first kappa shape index (κ1) is 18.9. The zero-order valence-electron chi connectivity index (χ0n) is 11.9. The molecular weight excluding hydrogens is 346 g/mol. The Kier molecular flexibility index (Phi) is 8.68. The van der Waals surface area contributed by atoms with Crippen LogP contribution in [0.15, 0.2) is 24.3 Å². The number of hydrogen-bond donors (Lipinski definition) is 2. The third kappa shape index (κ3) is 8.78. The predicted octanol–water partition coefficient (Wildman–Crippen LogP) is 2.16. The van der Waals surface area contributed by atoms with Gasteiger partial charge in [0.25, 0.3) is 5.69 Å². The SMILES string of the molecule is NC(=O)OCCSSCCNC(=O)Oc1ccc([N+](=O)[O-])cc1. The molecule has 23 heavy (non-hydrogen) atoms. The second kappa shape index (κ2) is 10.6. The molecule has 1 aromatic carbocycles. The number of benzene rings is 1. The number of nitrogens with two attached hydrogens (primary N) is 1. The Balaban J connectivity index is 2.10. The third-order valence-corrected chi connectivity index (χ3v) is 4.58. The number of primary amides is 1. The van der Waals surface area contributed by atoms with Crippen molar-refractivity contribution in [3.05, 3.63) is 34.4 Å². The average Bonchev–Trinajstić information content (AvgIpc) is 2.50. The molecule has 0 unspecified atom stereocenters. The standard InChI is InChI=1S/C12H15N3O6S2/c13-11(16)20-6-8-23-22-7-5-14-12(17)21-10-3-1-9(2-4-10)15(18)19/h1-4H,5-8H2,(H2,13,16)(H,14,17). The van der Waals surface area contributed by atoms with Gasteiger partial charge in [-0.05, 0) is 12.1 Å². The van der Waals surface area contributed by atoms with E-state index in [1.54, 1.807) is 0 Å². The largest absolute Gasteiger partial charge is 0.449 e. The quantitative estimate of drug-likeness (QED) is 0.296. The first-order valence-corrected chi connectivity index (χ1v) is 8.84. The van der Waals surface area contributed by atoms with Crippen molar-refractivity contribution in [3.63, 3.8) is 0 Å². The summed E-state index contributed by atoms with van der Waals surface area (Å²) >= 11 is 0. The highest BCUT2D eigenvalue weighted by Crippen LogP contribution is 2.20. The van der Waals surface area contributed by atoms with E-state index in [9.17, 15) is 19.7 Å². The molecule has 0 heterocycles. The van der Waals surface area contributed by atoms with Gasteiger partial charge in [0.05, 0.1) is 4.92 Å². The number of nitrogens with zero attached hydrogens (tertiary/aromatic N) is 1. The highest BCUT2D eigenvalue weighted by molar-refractivity contribution is 8.76.